The first-order chi connectivity index (χ1) is 12.6. The zero-order valence-corrected chi connectivity index (χ0v) is 14.1. The van der Waals surface area contributed by atoms with Crippen LogP contribution in [-0.4, -0.2) is 25.6 Å². The molecule has 0 saturated carbocycles. The quantitative estimate of drug-likeness (QED) is 0.796. The van der Waals surface area contributed by atoms with Crippen molar-refractivity contribution < 1.29 is 23.5 Å². The zero-order chi connectivity index (χ0) is 18.3. The van der Waals surface area contributed by atoms with E-state index < -0.39 is 17.7 Å². The van der Waals surface area contributed by atoms with Crippen LogP contribution in [0.3, 0.4) is 0 Å². The summed E-state index contributed by atoms with van der Waals surface area (Å²) >= 11 is 0. The van der Waals surface area contributed by atoms with E-state index >= 15 is 0 Å². The van der Waals surface area contributed by atoms with Crippen molar-refractivity contribution in [2.45, 2.75) is 12.3 Å². The van der Waals surface area contributed by atoms with E-state index in [1.165, 1.54) is 23.1 Å². The normalized spacial score (nSPS) is 19.5. The van der Waals surface area contributed by atoms with E-state index in [4.69, 9.17) is 9.47 Å². The standard InChI is InChI=1S/C20H16FNO4/c1-25-15-7-2-4-12(8-15)16-10-18(23)22(14-6-3-5-13(21)9-14)17-11-26-20(24)19(16)17/h2-9,16H,10-11H2,1H3. The maximum absolute atomic E-state index is 13.6. The summed E-state index contributed by atoms with van der Waals surface area (Å²) in [6.07, 6.45) is 0.0949. The van der Waals surface area contributed by atoms with E-state index in [1.807, 2.05) is 18.2 Å². The maximum Gasteiger partial charge on any atom is 0.336 e. The van der Waals surface area contributed by atoms with Crippen molar-refractivity contribution >= 4 is 17.6 Å². The molecule has 1 unspecified atom stereocenters. The van der Waals surface area contributed by atoms with Gasteiger partial charge in [0.15, 0.2) is 0 Å². The van der Waals surface area contributed by atoms with Crippen LogP contribution in [0.2, 0.25) is 0 Å². The predicted molar refractivity (Wildman–Crippen MR) is 92.2 cm³/mol. The van der Waals surface area contributed by atoms with Crippen LogP contribution in [0, 0.1) is 5.82 Å². The molecule has 26 heavy (non-hydrogen) atoms. The summed E-state index contributed by atoms with van der Waals surface area (Å²) < 4.78 is 24.1. The number of hydrogen-bond acceptors (Lipinski definition) is 4. The number of carbonyl (C=O) groups is 2. The lowest BCUT2D eigenvalue weighted by atomic mass is 9.84. The van der Waals surface area contributed by atoms with Crippen LogP contribution >= 0.6 is 0 Å². The molecule has 0 fully saturated rings. The summed E-state index contributed by atoms with van der Waals surface area (Å²) in [7, 11) is 1.56. The molecule has 0 spiro atoms. The number of esters is 1. The number of amides is 1. The van der Waals surface area contributed by atoms with Crippen LogP contribution < -0.4 is 9.64 Å². The maximum atomic E-state index is 13.6. The highest BCUT2D eigenvalue weighted by molar-refractivity contribution is 6.06. The first-order valence-corrected chi connectivity index (χ1v) is 8.21. The molecule has 1 amide bonds. The fraction of sp³-hybridized carbons (Fsp3) is 0.200. The molecule has 0 N–H and O–H groups in total. The Morgan fingerprint density at radius 1 is 1.15 bits per heavy atom. The fourth-order valence-corrected chi connectivity index (χ4v) is 3.51. The summed E-state index contributed by atoms with van der Waals surface area (Å²) in [6.45, 7) is -0.00309. The van der Waals surface area contributed by atoms with Gasteiger partial charge in [-0.2, -0.15) is 0 Å². The number of hydrogen-bond donors (Lipinski definition) is 0. The molecule has 2 aliphatic rings. The Labute approximate surface area is 149 Å². The predicted octanol–water partition coefficient (Wildman–Crippen LogP) is 3.17. The number of cyclic esters (lactones) is 1. The summed E-state index contributed by atoms with van der Waals surface area (Å²) in [5.41, 5.74) is 2.12. The van der Waals surface area contributed by atoms with Crippen molar-refractivity contribution in [1.29, 1.82) is 0 Å². The minimum Gasteiger partial charge on any atom is -0.497 e. The third kappa shape index (κ3) is 2.63. The summed E-state index contributed by atoms with van der Waals surface area (Å²) in [4.78, 5) is 26.6. The monoisotopic (exact) mass is 353 g/mol. The van der Waals surface area contributed by atoms with Crippen LogP contribution in [0.15, 0.2) is 59.8 Å². The van der Waals surface area contributed by atoms with E-state index in [1.54, 1.807) is 19.2 Å². The van der Waals surface area contributed by atoms with E-state index in [0.717, 1.165) is 5.56 Å². The number of methoxy groups -OCH3 is 1. The van der Waals surface area contributed by atoms with Gasteiger partial charge in [0.1, 0.15) is 18.2 Å². The number of ether oxygens (including phenoxy) is 2. The van der Waals surface area contributed by atoms with Gasteiger partial charge in [-0.1, -0.05) is 18.2 Å². The molecular formula is C20H16FNO4. The van der Waals surface area contributed by atoms with Crippen LogP contribution in [0.1, 0.15) is 17.9 Å². The average molecular weight is 353 g/mol. The molecule has 1 atom stereocenters. The SMILES string of the molecule is COc1cccc(C2CC(=O)N(c3cccc(F)c3)C3=C2C(=O)OC3)c1. The molecule has 2 aromatic rings. The first kappa shape index (κ1) is 16.3. The highest BCUT2D eigenvalue weighted by Gasteiger charge is 2.43. The lowest BCUT2D eigenvalue weighted by molar-refractivity contribution is -0.136. The summed E-state index contributed by atoms with van der Waals surface area (Å²) in [6, 6.07) is 13.0. The van der Waals surface area contributed by atoms with Crippen molar-refractivity contribution in [2.24, 2.45) is 0 Å². The number of halogens is 1. The van der Waals surface area contributed by atoms with Crippen molar-refractivity contribution in [3.8, 4) is 5.75 Å². The zero-order valence-electron chi connectivity index (χ0n) is 14.1. The third-order valence-corrected chi connectivity index (χ3v) is 4.68. The molecule has 0 bridgehead atoms. The number of rotatable bonds is 3. The number of anilines is 1. The highest BCUT2D eigenvalue weighted by atomic mass is 19.1. The van der Waals surface area contributed by atoms with Gasteiger partial charge in [-0.25, -0.2) is 9.18 Å². The molecule has 0 saturated heterocycles. The Hall–Kier alpha value is -3.15. The Morgan fingerprint density at radius 2 is 1.96 bits per heavy atom. The van der Waals surface area contributed by atoms with Gasteiger partial charge in [-0.05, 0) is 35.9 Å². The fourth-order valence-electron chi connectivity index (χ4n) is 3.51. The largest absolute Gasteiger partial charge is 0.497 e. The third-order valence-electron chi connectivity index (χ3n) is 4.68. The van der Waals surface area contributed by atoms with Gasteiger partial charge in [0.05, 0.1) is 24.1 Å². The van der Waals surface area contributed by atoms with E-state index in [-0.39, 0.29) is 18.9 Å². The van der Waals surface area contributed by atoms with Crippen molar-refractivity contribution in [2.75, 3.05) is 18.6 Å². The minimum atomic E-state index is -0.447. The lowest BCUT2D eigenvalue weighted by Gasteiger charge is -2.32. The minimum absolute atomic E-state index is 0.00309. The molecule has 0 aromatic heterocycles. The Morgan fingerprint density at radius 3 is 2.73 bits per heavy atom. The van der Waals surface area contributed by atoms with Crippen molar-refractivity contribution in [3.63, 3.8) is 0 Å². The second-order valence-electron chi connectivity index (χ2n) is 6.18. The van der Waals surface area contributed by atoms with Gasteiger partial charge in [-0.15, -0.1) is 0 Å². The molecule has 2 aromatic carbocycles. The summed E-state index contributed by atoms with van der Waals surface area (Å²) in [5, 5.41) is 0. The molecule has 0 radical (unpaired) electrons. The average Bonchev–Trinajstić information content (AvgIpc) is 3.02. The molecule has 0 aliphatic carbocycles. The van der Waals surface area contributed by atoms with Crippen LogP contribution in [0.25, 0.3) is 0 Å². The smallest absolute Gasteiger partial charge is 0.336 e. The molecule has 4 rings (SSSR count). The number of benzene rings is 2. The number of carbonyl (C=O) groups excluding carboxylic acids is 2. The van der Waals surface area contributed by atoms with Gasteiger partial charge in [-0.3, -0.25) is 9.69 Å². The molecule has 2 aliphatic heterocycles. The second-order valence-corrected chi connectivity index (χ2v) is 6.18. The van der Waals surface area contributed by atoms with Gasteiger partial charge in [0, 0.05) is 12.3 Å². The van der Waals surface area contributed by atoms with Gasteiger partial charge in [0.25, 0.3) is 0 Å². The first-order valence-electron chi connectivity index (χ1n) is 8.21. The van der Waals surface area contributed by atoms with Crippen LogP contribution in [-0.2, 0) is 14.3 Å². The topological polar surface area (TPSA) is 55.8 Å². The summed E-state index contributed by atoms with van der Waals surface area (Å²) in [5.74, 6) is -0.858. The van der Waals surface area contributed by atoms with E-state index in [9.17, 15) is 14.0 Å². The van der Waals surface area contributed by atoms with Gasteiger partial charge >= 0.3 is 5.97 Å². The van der Waals surface area contributed by atoms with E-state index in [2.05, 4.69) is 0 Å². The highest BCUT2D eigenvalue weighted by Crippen LogP contribution is 2.42. The van der Waals surface area contributed by atoms with Gasteiger partial charge < -0.3 is 9.47 Å². The van der Waals surface area contributed by atoms with Crippen molar-refractivity contribution in [3.05, 3.63) is 71.2 Å². The molecule has 5 nitrogen and oxygen atoms in total. The van der Waals surface area contributed by atoms with Crippen LogP contribution in [0.4, 0.5) is 10.1 Å². The second kappa shape index (κ2) is 6.29. The molecular weight excluding hydrogens is 337 g/mol. The van der Waals surface area contributed by atoms with Gasteiger partial charge in [0.2, 0.25) is 5.91 Å². The van der Waals surface area contributed by atoms with Crippen molar-refractivity contribution in [1.82, 2.24) is 0 Å². The Kier molecular flexibility index (Phi) is 3.95. The number of nitrogens with zero attached hydrogens (tertiary/aromatic N) is 1. The van der Waals surface area contributed by atoms with Crippen LogP contribution in [0.5, 0.6) is 5.75 Å². The van der Waals surface area contributed by atoms with E-state index in [0.29, 0.717) is 22.7 Å². The molecule has 132 valence electrons. The Balaban J connectivity index is 1.83. The molecule has 6 heteroatoms. The lowest BCUT2D eigenvalue weighted by Crippen LogP contribution is -2.37. The Bertz CT molecular complexity index is 937. The molecule has 2 heterocycles.